The Balaban J connectivity index is 1.59. The van der Waals surface area contributed by atoms with Crippen LogP contribution in [0.25, 0.3) is 22.3 Å². The van der Waals surface area contributed by atoms with Crippen LogP contribution < -0.4 is 22.1 Å². The zero-order valence-corrected chi connectivity index (χ0v) is 22.6. The van der Waals surface area contributed by atoms with E-state index in [0.717, 1.165) is 5.56 Å². The van der Waals surface area contributed by atoms with E-state index < -0.39 is 6.03 Å². The fraction of sp³-hybridized carbons (Fsp3) is 0.222. The zero-order chi connectivity index (χ0) is 27.6. The topological polar surface area (TPSA) is 149 Å². The number of nitrogens with two attached hydrogens (primary N) is 2. The Morgan fingerprint density at radius 2 is 1.84 bits per heavy atom. The van der Waals surface area contributed by atoms with Crippen molar-refractivity contribution in [1.29, 1.82) is 0 Å². The van der Waals surface area contributed by atoms with E-state index in [9.17, 15) is 4.79 Å². The molecule has 2 amide bonds. The fourth-order valence-corrected chi connectivity index (χ4v) is 3.85. The van der Waals surface area contributed by atoms with Gasteiger partial charge < -0.3 is 16.8 Å². The molecule has 0 saturated carbocycles. The summed E-state index contributed by atoms with van der Waals surface area (Å²) in [5.41, 5.74) is 16.7. The Hall–Kier alpha value is -4.44. The molecule has 0 atom stereocenters. The highest BCUT2D eigenvalue weighted by Gasteiger charge is 2.19. The Kier molecular flexibility index (Phi) is 7.36. The highest BCUT2D eigenvalue weighted by molar-refractivity contribution is 6.34. The van der Waals surface area contributed by atoms with Crippen LogP contribution in [0.3, 0.4) is 0 Å². The first kappa shape index (κ1) is 26.6. The summed E-state index contributed by atoms with van der Waals surface area (Å²) in [5, 5.41) is 11.1. The maximum atomic E-state index is 12.9. The van der Waals surface area contributed by atoms with E-state index >= 15 is 0 Å². The largest absolute Gasteiger partial charge is 0.401 e. The number of rotatable bonds is 4. The van der Waals surface area contributed by atoms with E-state index in [2.05, 4.69) is 30.7 Å². The van der Waals surface area contributed by atoms with E-state index in [1.165, 1.54) is 6.33 Å². The lowest BCUT2D eigenvalue weighted by Crippen LogP contribution is -2.34. The van der Waals surface area contributed by atoms with Crippen molar-refractivity contribution in [2.24, 2.45) is 23.2 Å². The molecule has 196 valence electrons. The number of benzene rings is 2. The predicted octanol–water partition coefficient (Wildman–Crippen LogP) is 5.31. The number of hydrogen-bond acceptors (Lipinski definition) is 7. The summed E-state index contributed by atoms with van der Waals surface area (Å²) in [6, 6.07) is 12.2. The minimum atomic E-state index is -0.501. The van der Waals surface area contributed by atoms with Crippen LogP contribution in [0.2, 0.25) is 5.02 Å². The third-order valence-electron chi connectivity index (χ3n) is 5.82. The number of urea groups is 1. The van der Waals surface area contributed by atoms with Gasteiger partial charge in [-0.15, -0.1) is 0 Å². The minimum absolute atomic E-state index is 0.303. The van der Waals surface area contributed by atoms with E-state index in [1.807, 2.05) is 52.0 Å². The number of fused-ring (bicyclic) bond motifs is 1. The molecule has 11 heteroatoms. The number of nitrogens with one attached hydrogen (secondary N) is 2. The van der Waals surface area contributed by atoms with Crippen molar-refractivity contribution in [3.63, 3.8) is 0 Å². The summed E-state index contributed by atoms with van der Waals surface area (Å²) in [6.07, 6.45) is 3.05. The molecular formula is C27H30ClN9O. The molecule has 0 aliphatic heterocycles. The maximum absolute atomic E-state index is 12.9. The lowest BCUT2D eigenvalue weighted by Gasteiger charge is -2.19. The van der Waals surface area contributed by atoms with Crippen molar-refractivity contribution >= 4 is 51.7 Å². The van der Waals surface area contributed by atoms with Crippen LogP contribution in [0.4, 0.5) is 22.0 Å². The molecule has 2 heterocycles. The van der Waals surface area contributed by atoms with Crippen LogP contribution in [0.1, 0.15) is 26.3 Å². The average Bonchev–Trinajstić information content (AvgIpc) is 3.17. The molecule has 2 aromatic carbocycles. The molecule has 4 aromatic rings. The van der Waals surface area contributed by atoms with Crippen molar-refractivity contribution in [2.45, 2.75) is 27.7 Å². The van der Waals surface area contributed by atoms with Crippen LogP contribution in [-0.2, 0) is 7.05 Å². The van der Waals surface area contributed by atoms with Crippen LogP contribution in [0.15, 0.2) is 65.6 Å². The van der Waals surface area contributed by atoms with Gasteiger partial charge in [-0.1, -0.05) is 50.1 Å². The highest BCUT2D eigenvalue weighted by Crippen LogP contribution is 2.35. The molecule has 0 unspecified atom stereocenters. The Labute approximate surface area is 225 Å². The van der Waals surface area contributed by atoms with Gasteiger partial charge >= 0.3 is 6.03 Å². The number of nitrogens with zero attached hydrogens (tertiary/aromatic N) is 5. The number of amidine groups is 1. The lowest BCUT2D eigenvalue weighted by molar-refractivity contribution is 0.256. The van der Waals surface area contributed by atoms with Gasteiger partial charge in [-0.25, -0.2) is 24.4 Å². The Morgan fingerprint density at radius 1 is 1.13 bits per heavy atom. The first-order chi connectivity index (χ1) is 17.9. The zero-order valence-electron chi connectivity index (χ0n) is 21.9. The normalized spacial score (nSPS) is 12.6. The van der Waals surface area contributed by atoms with Gasteiger partial charge in [0, 0.05) is 35.5 Å². The van der Waals surface area contributed by atoms with Crippen molar-refractivity contribution in [3.05, 3.63) is 71.2 Å². The molecule has 6 N–H and O–H groups in total. The summed E-state index contributed by atoms with van der Waals surface area (Å²) in [7, 11) is 1.77. The number of halogens is 1. The first-order valence-electron chi connectivity index (χ1n) is 11.9. The number of aliphatic imine (C=N–C) groups is 1. The fourth-order valence-electron chi connectivity index (χ4n) is 3.58. The number of carbonyl (C=O) groups excluding carboxylic acids is 1. The first-order valence-corrected chi connectivity index (χ1v) is 12.2. The summed E-state index contributed by atoms with van der Waals surface area (Å²) in [5.74, 6) is 0.607. The van der Waals surface area contributed by atoms with Crippen LogP contribution in [0.5, 0.6) is 0 Å². The number of nitrogen functional groups attached to an aromatic ring is 1. The third kappa shape index (κ3) is 5.92. The number of carbonyl (C=O) groups is 1. The standard InChI is InChI=1S/C27H30ClN9O/c1-15-6-8-16(9-7-15)33-21(13-20(29)27(2,3)4)35-26(38)34-17-10-11-18(19(28)12-17)23-22-24(30)31-14-32-25(22)37(5)36-23/h6-14H,29H2,1-5H3,(H2,30,31,32)(H2,33,34,35,38). The number of aromatic nitrogens is 4. The highest BCUT2D eigenvalue weighted by atomic mass is 35.5. The monoisotopic (exact) mass is 531 g/mol. The second kappa shape index (κ2) is 10.5. The van der Waals surface area contributed by atoms with Crippen LogP contribution in [-0.4, -0.2) is 31.6 Å². The summed E-state index contributed by atoms with van der Waals surface area (Å²) >= 11 is 6.60. The smallest absolute Gasteiger partial charge is 0.324 e. The summed E-state index contributed by atoms with van der Waals surface area (Å²) in [4.78, 5) is 25.8. The lowest BCUT2D eigenvalue weighted by atomic mass is 9.92. The minimum Gasteiger partial charge on any atom is -0.401 e. The van der Waals surface area contributed by atoms with Crippen molar-refractivity contribution in [3.8, 4) is 11.3 Å². The van der Waals surface area contributed by atoms with Crippen LogP contribution in [0, 0.1) is 12.3 Å². The quantitative estimate of drug-likeness (QED) is 0.207. The molecular weight excluding hydrogens is 502 g/mol. The SMILES string of the molecule is Cc1ccc(N=C(C=C(N)C(C)(C)C)NC(=O)Nc2ccc(-c3nn(C)c4ncnc(N)c34)c(Cl)c2)cc1. The van der Waals surface area contributed by atoms with E-state index in [4.69, 9.17) is 23.1 Å². The molecule has 10 nitrogen and oxygen atoms in total. The van der Waals surface area contributed by atoms with Gasteiger partial charge in [0.2, 0.25) is 0 Å². The van der Waals surface area contributed by atoms with Gasteiger partial charge in [-0.05, 0) is 37.3 Å². The molecule has 38 heavy (non-hydrogen) atoms. The van der Waals surface area contributed by atoms with Gasteiger partial charge in [0.1, 0.15) is 23.7 Å². The van der Waals surface area contributed by atoms with Crippen molar-refractivity contribution in [2.75, 3.05) is 11.1 Å². The van der Waals surface area contributed by atoms with E-state index in [1.54, 1.807) is 36.0 Å². The molecule has 0 bridgehead atoms. The average molecular weight is 532 g/mol. The molecule has 4 rings (SSSR count). The summed E-state index contributed by atoms with van der Waals surface area (Å²) < 4.78 is 1.62. The Morgan fingerprint density at radius 3 is 2.50 bits per heavy atom. The number of allylic oxidation sites excluding steroid dienone is 1. The second-order valence-electron chi connectivity index (χ2n) is 9.89. The predicted molar refractivity (Wildman–Crippen MR) is 153 cm³/mol. The molecule has 2 aromatic heterocycles. The molecule has 0 spiro atoms. The molecule has 0 fully saturated rings. The van der Waals surface area contributed by atoms with E-state index in [-0.39, 0.29) is 5.41 Å². The number of amides is 2. The molecule has 0 aliphatic rings. The van der Waals surface area contributed by atoms with Crippen molar-refractivity contribution in [1.82, 2.24) is 25.1 Å². The van der Waals surface area contributed by atoms with Gasteiger partial charge in [0.15, 0.2) is 5.65 Å². The van der Waals surface area contributed by atoms with Gasteiger partial charge in [0.05, 0.1) is 16.1 Å². The van der Waals surface area contributed by atoms with Crippen LogP contribution >= 0.6 is 11.6 Å². The number of anilines is 2. The van der Waals surface area contributed by atoms with Gasteiger partial charge in [-0.3, -0.25) is 5.32 Å². The third-order valence-corrected chi connectivity index (χ3v) is 6.13. The molecule has 0 saturated heterocycles. The Bertz CT molecular complexity index is 1560. The number of hydrogen-bond donors (Lipinski definition) is 4. The molecule has 0 radical (unpaired) electrons. The second-order valence-corrected chi connectivity index (χ2v) is 10.3. The van der Waals surface area contributed by atoms with E-state index in [0.29, 0.717) is 56.0 Å². The maximum Gasteiger partial charge on any atom is 0.324 e. The van der Waals surface area contributed by atoms with Gasteiger partial charge in [-0.2, -0.15) is 5.10 Å². The van der Waals surface area contributed by atoms with Gasteiger partial charge in [0.25, 0.3) is 0 Å². The number of aryl methyl sites for hydroxylation is 2. The summed E-state index contributed by atoms with van der Waals surface area (Å²) in [6.45, 7) is 7.94. The van der Waals surface area contributed by atoms with Crippen molar-refractivity contribution < 1.29 is 4.79 Å². The molecule has 0 aliphatic carbocycles.